The molecule has 3 aromatic carbocycles. The number of carbonyl (C=O) groups is 2. The van der Waals surface area contributed by atoms with Gasteiger partial charge in [0.05, 0.1) is 4.90 Å². The zero-order valence-electron chi connectivity index (χ0n) is 14.3. The third-order valence-electron chi connectivity index (χ3n) is 3.96. The summed E-state index contributed by atoms with van der Waals surface area (Å²) >= 11 is 0. The van der Waals surface area contributed by atoms with E-state index in [0.29, 0.717) is 5.69 Å². The van der Waals surface area contributed by atoms with Gasteiger partial charge in [-0.15, -0.1) is 0 Å². The Labute approximate surface area is 157 Å². The SMILES string of the molecule is O=C(Nc1ccccc1)[C@@H](C(=O)c1ccccc1)S(=O)(=O)c1ccccc1. The molecule has 0 bridgehead atoms. The van der Waals surface area contributed by atoms with Gasteiger partial charge in [-0.3, -0.25) is 9.59 Å². The highest BCUT2D eigenvalue weighted by Crippen LogP contribution is 2.21. The molecule has 0 spiro atoms. The van der Waals surface area contributed by atoms with Gasteiger partial charge in [-0.2, -0.15) is 0 Å². The van der Waals surface area contributed by atoms with E-state index < -0.39 is 26.8 Å². The molecule has 0 heterocycles. The quantitative estimate of drug-likeness (QED) is 0.526. The lowest BCUT2D eigenvalue weighted by molar-refractivity contribution is -0.115. The molecule has 0 aromatic heterocycles. The van der Waals surface area contributed by atoms with Crippen LogP contribution in [0.4, 0.5) is 5.69 Å². The number of ketones is 1. The molecule has 0 saturated heterocycles. The van der Waals surface area contributed by atoms with E-state index >= 15 is 0 Å². The number of benzene rings is 3. The van der Waals surface area contributed by atoms with Crippen molar-refractivity contribution in [2.75, 3.05) is 5.32 Å². The Morgan fingerprint density at radius 2 is 1.19 bits per heavy atom. The van der Waals surface area contributed by atoms with Crippen LogP contribution < -0.4 is 5.32 Å². The Morgan fingerprint density at radius 1 is 0.704 bits per heavy atom. The summed E-state index contributed by atoms with van der Waals surface area (Å²) < 4.78 is 26.2. The number of sulfone groups is 1. The van der Waals surface area contributed by atoms with E-state index in [9.17, 15) is 18.0 Å². The zero-order valence-corrected chi connectivity index (χ0v) is 15.1. The van der Waals surface area contributed by atoms with Crippen LogP contribution in [0.3, 0.4) is 0 Å². The fraction of sp³-hybridized carbons (Fsp3) is 0.0476. The number of rotatable bonds is 6. The molecule has 0 aliphatic heterocycles. The summed E-state index contributed by atoms with van der Waals surface area (Å²) in [5, 5.41) is 0.643. The number of Topliss-reactive ketones (excluding diaryl/α,β-unsaturated/α-hetero) is 1. The lowest BCUT2D eigenvalue weighted by Gasteiger charge is -2.17. The number of amides is 1. The van der Waals surface area contributed by atoms with Crippen LogP contribution in [0.5, 0.6) is 0 Å². The fourth-order valence-electron chi connectivity index (χ4n) is 2.63. The van der Waals surface area contributed by atoms with E-state index in [-0.39, 0.29) is 10.5 Å². The van der Waals surface area contributed by atoms with Crippen molar-refractivity contribution in [3.63, 3.8) is 0 Å². The van der Waals surface area contributed by atoms with E-state index in [0.717, 1.165) is 0 Å². The normalized spacial score (nSPS) is 12.1. The summed E-state index contributed by atoms with van der Waals surface area (Å²) in [6.07, 6.45) is 0. The molecule has 0 aliphatic rings. The molecule has 6 heteroatoms. The largest absolute Gasteiger partial charge is 0.325 e. The van der Waals surface area contributed by atoms with Gasteiger partial charge in [0.1, 0.15) is 0 Å². The second-order valence-corrected chi connectivity index (χ2v) is 7.86. The van der Waals surface area contributed by atoms with Crippen LogP contribution in [0, 0.1) is 0 Å². The van der Waals surface area contributed by atoms with E-state index in [1.54, 1.807) is 66.7 Å². The van der Waals surface area contributed by atoms with Crippen molar-refractivity contribution in [1.82, 2.24) is 0 Å². The minimum absolute atomic E-state index is 0.0810. The minimum atomic E-state index is -4.23. The predicted octanol–water partition coefficient (Wildman–Crippen LogP) is 3.35. The van der Waals surface area contributed by atoms with Crippen molar-refractivity contribution in [1.29, 1.82) is 0 Å². The smallest absolute Gasteiger partial charge is 0.251 e. The average Bonchev–Trinajstić information content (AvgIpc) is 2.70. The molecule has 0 unspecified atom stereocenters. The summed E-state index contributed by atoms with van der Waals surface area (Å²) in [4.78, 5) is 25.7. The number of nitrogens with one attached hydrogen (secondary N) is 1. The van der Waals surface area contributed by atoms with Crippen LogP contribution in [0.2, 0.25) is 0 Å². The van der Waals surface area contributed by atoms with Gasteiger partial charge in [0.25, 0.3) is 5.91 Å². The first-order chi connectivity index (χ1) is 13.0. The predicted molar refractivity (Wildman–Crippen MR) is 103 cm³/mol. The van der Waals surface area contributed by atoms with Crippen molar-refractivity contribution in [3.8, 4) is 0 Å². The number of hydrogen-bond donors (Lipinski definition) is 1. The standard InChI is InChI=1S/C21H17NO4S/c23-19(16-10-4-1-5-11-16)20(21(24)22-17-12-6-2-7-13-17)27(25,26)18-14-8-3-9-15-18/h1-15,20H,(H,22,24)/t20-/m1/s1. The van der Waals surface area contributed by atoms with Crippen LogP contribution in [0.1, 0.15) is 10.4 Å². The Hall–Kier alpha value is -3.25. The van der Waals surface area contributed by atoms with Crippen LogP contribution >= 0.6 is 0 Å². The summed E-state index contributed by atoms with van der Waals surface area (Å²) in [5.74, 6) is -1.66. The number of hydrogen-bond acceptors (Lipinski definition) is 4. The Kier molecular flexibility index (Phi) is 5.47. The molecule has 27 heavy (non-hydrogen) atoms. The van der Waals surface area contributed by atoms with Gasteiger partial charge < -0.3 is 5.32 Å². The topological polar surface area (TPSA) is 80.3 Å². The van der Waals surface area contributed by atoms with Gasteiger partial charge in [0, 0.05) is 11.3 Å². The maximum atomic E-state index is 13.1. The molecule has 3 aromatic rings. The molecule has 0 saturated carbocycles. The fourth-order valence-corrected chi connectivity index (χ4v) is 4.20. The van der Waals surface area contributed by atoms with E-state index in [4.69, 9.17) is 0 Å². The van der Waals surface area contributed by atoms with Crippen molar-refractivity contribution in [2.24, 2.45) is 0 Å². The van der Waals surface area contributed by atoms with E-state index in [2.05, 4.69) is 5.32 Å². The number of para-hydroxylation sites is 1. The second-order valence-electron chi connectivity index (χ2n) is 5.82. The van der Waals surface area contributed by atoms with Crippen LogP contribution in [-0.4, -0.2) is 25.4 Å². The minimum Gasteiger partial charge on any atom is -0.325 e. The van der Waals surface area contributed by atoms with Crippen LogP contribution in [-0.2, 0) is 14.6 Å². The van der Waals surface area contributed by atoms with Gasteiger partial charge in [0.2, 0.25) is 5.25 Å². The zero-order chi connectivity index (χ0) is 19.3. The molecule has 5 nitrogen and oxygen atoms in total. The Morgan fingerprint density at radius 3 is 1.74 bits per heavy atom. The van der Waals surface area contributed by atoms with Gasteiger partial charge in [0.15, 0.2) is 15.6 Å². The molecule has 136 valence electrons. The lowest BCUT2D eigenvalue weighted by atomic mass is 10.1. The first kappa shape index (κ1) is 18.5. The summed E-state index contributed by atoms with van der Waals surface area (Å²) in [6, 6.07) is 23.9. The summed E-state index contributed by atoms with van der Waals surface area (Å²) in [6.45, 7) is 0. The van der Waals surface area contributed by atoms with Crippen molar-refractivity contribution in [2.45, 2.75) is 10.1 Å². The van der Waals surface area contributed by atoms with E-state index in [1.807, 2.05) is 0 Å². The molecule has 0 fully saturated rings. The van der Waals surface area contributed by atoms with Crippen LogP contribution in [0.15, 0.2) is 95.9 Å². The molecular formula is C21H17NO4S. The van der Waals surface area contributed by atoms with Gasteiger partial charge in [-0.05, 0) is 24.3 Å². The van der Waals surface area contributed by atoms with Crippen molar-refractivity contribution in [3.05, 3.63) is 96.6 Å². The van der Waals surface area contributed by atoms with Gasteiger partial charge in [-0.1, -0.05) is 66.7 Å². The molecule has 0 aliphatic carbocycles. The maximum absolute atomic E-state index is 13.1. The monoisotopic (exact) mass is 379 g/mol. The highest BCUT2D eigenvalue weighted by atomic mass is 32.2. The molecule has 1 amide bonds. The number of carbonyl (C=O) groups excluding carboxylic acids is 2. The molecule has 1 N–H and O–H groups in total. The molecular weight excluding hydrogens is 362 g/mol. The van der Waals surface area contributed by atoms with Gasteiger partial charge >= 0.3 is 0 Å². The van der Waals surface area contributed by atoms with Crippen molar-refractivity contribution >= 4 is 27.2 Å². The maximum Gasteiger partial charge on any atom is 0.251 e. The molecule has 0 radical (unpaired) electrons. The first-order valence-electron chi connectivity index (χ1n) is 8.24. The third-order valence-corrected chi connectivity index (χ3v) is 5.94. The highest BCUT2D eigenvalue weighted by molar-refractivity contribution is 7.93. The molecule has 1 atom stereocenters. The van der Waals surface area contributed by atoms with E-state index in [1.165, 1.54) is 24.3 Å². The van der Waals surface area contributed by atoms with Crippen LogP contribution in [0.25, 0.3) is 0 Å². The third kappa shape index (κ3) is 4.12. The number of anilines is 1. The summed E-state index contributed by atoms with van der Waals surface area (Å²) in [5.41, 5.74) is 0.571. The molecule has 3 rings (SSSR count). The Balaban J connectivity index is 2.04. The van der Waals surface area contributed by atoms with Gasteiger partial charge in [-0.25, -0.2) is 8.42 Å². The Bertz CT molecular complexity index is 1030. The first-order valence-corrected chi connectivity index (χ1v) is 9.79. The van der Waals surface area contributed by atoms with Crippen molar-refractivity contribution < 1.29 is 18.0 Å². The highest BCUT2D eigenvalue weighted by Gasteiger charge is 2.40. The lowest BCUT2D eigenvalue weighted by Crippen LogP contribution is -2.41. The second kappa shape index (κ2) is 7.97. The average molecular weight is 379 g/mol. The summed E-state index contributed by atoms with van der Waals surface area (Å²) in [7, 11) is -4.23.